The average Bonchev–Trinajstić information content (AvgIpc) is 2.57. The summed E-state index contributed by atoms with van der Waals surface area (Å²) in [5.41, 5.74) is 3.25. The fourth-order valence-electron chi connectivity index (χ4n) is 2.71. The Hall–Kier alpha value is -2.49. The molecule has 0 aliphatic rings. The largest absolute Gasteiger partial charge is 0.513 e. The van der Waals surface area contributed by atoms with Crippen LogP contribution >= 0.6 is 0 Å². The molecule has 134 valence electrons. The second kappa shape index (κ2) is 9.72. The van der Waals surface area contributed by atoms with Gasteiger partial charge in [-0.1, -0.05) is 37.6 Å². The first-order valence-corrected chi connectivity index (χ1v) is 8.81. The lowest BCUT2D eigenvalue weighted by Crippen LogP contribution is -2.29. The van der Waals surface area contributed by atoms with Crippen LogP contribution in [0.3, 0.4) is 0 Å². The summed E-state index contributed by atoms with van der Waals surface area (Å²) in [6, 6.07) is 15.9. The molecule has 0 unspecified atom stereocenters. The van der Waals surface area contributed by atoms with Gasteiger partial charge in [0.1, 0.15) is 12.4 Å². The van der Waals surface area contributed by atoms with Crippen LogP contribution in [0.1, 0.15) is 30.9 Å². The monoisotopic (exact) mass is 341 g/mol. The van der Waals surface area contributed by atoms with Crippen LogP contribution in [-0.2, 0) is 4.74 Å². The van der Waals surface area contributed by atoms with Crippen molar-refractivity contribution in [2.75, 3.05) is 24.6 Å². The van der Waals surface area contributed by atoms with Gasteiger partial charge in [0.25, 0.3) is 0 Å². The highest BCUT2D eigenvalue weighted by molar-refractivity contribution is 5.64. The number of para-hydroxylation sites is 1. The summed E-state index contributed by atoms with van der Waals surface area (Å²) in [6.07, 6.45) is 1.56. The lowest BCUT2D eigenvalue weighted by molar-refractivity contribution is 0.101. The van der Waals surface area contributed by atoms with E-state index in [2.05, 4.69) is 24.0 Å². The SMILES string of the molecule is CCCCN(CCOC(=O)Oc1cc(C)cc(C)c1)c1ccccc1. The standard InChI is InChI=1S/C21H27NO3/c1-4-5-11-22(19-9-7-6-8-10-19)12-13-24-21(23)25-20-15-17(2)14-18(3)16-20/h6-10,14-16H,4-5,11-13H2,1-3H3. The normalized spacial score (nSPS) is 10.4. The van der Waals surface area contributed by atoms with Crippen molar-refractivity contribution in [3.05, 3.63) is 59.7 Å². The number of rotatable bonds is 8. The molecule has 4 heteroatoms. The molecule has 0 bridgehead atoms. The predicted molar refractivity (Wildman–Crippen MR) is 101 cm³/mol. The summed E-state index contributed by atoms with van der Waals surface area (Å²) in [5, 5.41) is 0. The van der Waals surface area contributed by atoms with Gasteiger partial charge in [0.05, 0.1) is 6.54 Å². The Kier molecular flexibility index (Phi) is 7.33. The first kappa shape index (κ1) is 18.8. The third-order valence-electron chi connectivity index (χ3n) is 3.88. The van der Waals surface area contributed by atoms with Crippen molar-refractivity contribution in [3.63, 3.8) is 0 Å². The fraction of sp³-hybridized carbons (Fsp3) is 0.381. The number of carbonyl (C=O) groups is 1. The van der Waals surface area contributed by atoms with Gasteiger partial charge in [-0.2, -0.15) is 0 Å². The van der Waals surface area contributed by atoms with Gasteiger partial charge < -0.3 is 14.4 Å². The maximum Gasteiger partial charge on any atom is 0.513 e. The Bertz CT molecular complexity index is 650. The first-order valence-electron chi connectivity index (χ1n) is 8.81. The minimum atomic E-state index is -0.659. The van der Waals surface area contributed by atoms with Crippen LogP contribution in [0.25, 0.3) is 0 Å². The molecule has 0 saturated carbocycles. The minimum absolute atomic E-state index is 0.294. The third-order valence-corrected chi connectivity index (χ3v) is 3.88. The zero-order chi connectivity index (χ0) is 18.1. The number of hydrogen-bond acceptors (Lipinski definition) is 4. The van der Waals surface area contributed by atoms with Crippen molar-refractivity contribution in [2.24, 2.45) is 0 Å². The Morgan fingerprint density at radius 3 is 2.32 bits per heavy atom. The van der Waals surface area contributed by atoms with Crippen molar-refractivity contribution in [3.8, 4) is 5.75 Å². The summed E-state index contributed by atoms with van der Waals surface area (Å²) < 4.78 is 10.5. The Labute approximate surface area is 150 Å². The highest BCUT2D eigenvalue weighted by Gasteiger charge is 2.10. The van der Waals surface area contributed by atoms with Crippen molar-refractivity contribution >= 4 is 11.8 Å². The molecular weight excluding hydrogens is 314 g/mol. The molecule has 0 spiro atoms. The molecule has 0 aromatic heterocycles. The van der Waals surface area contributed by atoms with E-state index in [1.807, 2.05) is 50.2 Å². The summed E-state index contributed by atoms with van der Waals surface area (Å²) in [6.45, 7) is 7.98. The maximum atomic E-state index is 11.9. The summed E-state index contributed by atoms with van der Waals surface area (Å²) in [7, 11) is 0. The molecule has 2 aromatic carbocycles. The molecule has 25 heavy (non-hydrogen) atoms. The lowest BCUT2D eigenvalue weighted by atomic mass is 10.1. The van der Waals surface area contributed by atoms with Crippen LogP contribution in [0.2, 0.25) is 0 Å². The van der Waals surface area contributed by atoms with Crippen LogP contribution < -0.4 is 9.64 Å². The van der Waals surface area contributed by atoms with E-state index in [1.165, 1.54) is 0 Å². The van der Waals surface area contributed by atoms with Gasteiger partial charge in [-0.15, -0.1) is 0 Å². The molecule has 4 nitrogen and oxygen atoms in total. The maximum absolute atomic E-state index is 11.9. The van der Waals surface area contributed by atoms with E-state index < -0.39 is 6.16 Å². The van der Waals surface area contributed by atoms with Crippen LogP contribution in [0.5, 0.6) is 5.75 Å². The van der Waals surface area contributed by atoms with E-state index in [4.69, 9.17) is 9.47 Å². The topological polar surface area (TPSA) is 38.8 Å². The fourth-order valence-corrected chi connectivity index (χ4v) is 2.71. The molecule has 0 heterocycles. The summed E-state index contributed by atoms with van der Waals surface area (Å²) in [4.78, 5) is 14.1. The van der Waals surface area contributed by atoms with Gasteiger partial charge in [-0.25, -0.2) is 4.79 Å². The van der Waals surface area contributed by atoms with Crippen molar-refractivity contribution in [2.45, 2.75) is 33.6 Å². The molecule has 2 rings (SSSR count). The number of benzene rings is 2. The Balaban J connectivity index is 1.85. The second-order valence-corrected chi connectivity index (χ2v) is 6.20. The van der Waals surface area contributed by atoms with Crippen molar-refractivity contribution < 1.29 is 14.3 Å². The molecule has 0 atom stereocenters. The van der Waals surface area contributed by atoms with Gasteiger partial charge in [0, 0.05) is 12.2 Å². The Morgan fingerprint density at radius 1 is 1.00 bits per heavy atom. The molecule has 0 N–H and O–H groups in total. The van der Waals surface area contributed by atoms with Crippen molar-refractivity contribution in [1.29, 1.82) is 0 Å². The second-order valence-electron chi connectivity index (χ2n) is 6.20. The van der Waals surface area contributed by atoms with Crippen LogP contribution in [0.15, 0.2) is 48.5 Å². The summed E-state index contributed by atoms with van der Waals surface area (Å²) in [5.74, 6) is 0.522. The van der Waals surface area contributed by atoms with E-state index in [1.54, 1.807) is 0 Å². The zero-order valence-electron chi connectivity index (χ0n) is 15.3. The molecule has 0 amide bonds. The lowest BCUT2D eigenvalue weighted by Gasteiger charge is -2.24. The number of carbonyl (C=O) groups excluding carboxylic acids is 1. The van der Waals surface area contributed by atoms with Crippen LogP contribution in [-0.4, -0.2) is 25.9 Å². The van der Waals surface area contributed by atoms with Gasteiger partial charge in [0.15, 0.2) is 0 Å². The molecular formula is C21H27NO3. The van der Waals surface area contributed by atoms with Gasteiger partial charge >= 0.3 is 6.16 Å². The Morgan fingerprint density at radius 2 is 1.68 bits per heavy atom. The number of nitrogens with zero attached hydrogens (tertiary/aromatic N) is 1. The molecule has 0 fully saturated rings. The predicted octanol–water partition coefficient (Wildman–Crippen LogP) is 5.13. The first-order chi connectivity index (χ1) is 12.1. The van der Waals surface area contributed by atoms with Gasteiger partial charge in [-0.05, 0) is 55.7 Å². The minimum Gasteiger partial charge on any atom is -0.432 e. The molecule has 0 saturated heterocycles. The quantitative estimate of drug-likeness (QED) is 0.493. The summed E-state index contributed by atoms with van der Waals surface area (Å²) >= 11 is 0. The molecule has 0 aliphatic carbocycles. The molecule has 0 aliphatic heterocycles. The molecule has 2 aromatic rings. The van der Waals surface area contributed by atoms with Crippen molar-refractivity contribution in [1.82, 2.24) is 0 Å². The highest BCUT2D eigenvalue weighted by atomic mass is 16.7. The van der Waals surface area contributed by atoms with E-state index >= 15 is 0 Å². The number of anilines is 1. The highest BCUT2D eigenvalue weighted by Crippen LogP contribution is 2.17. The average molecular weight is 341 g/mol. The third kappa shape index (κ3) is 6.49. The van der Waals surface area contributed by atoms with E-state index in [-0.39, 0.29) is 0 Å². The number of hydrogen-bond donors (Lipinski definition) is 0. The van der Waals surface area contributed by atoms with Gasteiger partial charge in [-0.3, -0.25) is 0 Å². The van der Waals surface area contributed by atoms with E-state index in [9.17, 15) is 4.79 Å². The number of ether oxygens (including phenoxy) is 2. The number of aryl methyl sites for hydroxylation is 2. The van der Waals surface area contributed by atoms with Gasteiger partial charge in [0.2, 0.25) is 0 Å². The number of unbranched alkanes of at least 4 members (excludes halogenated alkanes) is 1. The van der Waals surface area contributed by atoms with Crippen LogP contribution in [0.4, 0.5) is 10.5 Å². The smallest absolute Gasteiger partial charge is 0.432 e. The molecule has 0 radical (unpaired) electrons. The van der Waals surface area contributed by atoms with Crippen LogP contribution in [0, 0.1) is 13.8 Å². The van der Waals surface area contributed by atoms with E-state index in [0.29, 0.717) is 18.9 Å². The van der Waals surface area contributed by atoms with E-state index in [0.717, 1.165) is 36.2 Å². The zero-order valence-corrected chi connectivity index (χ0v) is 15.3.